The van der Waals surface area contributed by atoms with Gasteiger partial charge in [0.2, 0.25) is 0 Å². The summed E-state index contributed by atoms with van der Waals surface area (Å²) in [5, 5.41) is 0. The fraction of sp³-hybridized carbons (Fsp3) is 0.300. The molecule has 1 aromatic carbocycles. The van der Waals surface area contributed by atoms with Crippen molar-refractivity contribution in [2.75, 3.05) is 20.4 Å². The van der Waals surface area contributed by atoms with E-state index in [1.165, 1.54) is 0 Å². The number of Topliss-reactive ketones (excluding diaryl/α,β-unsaturated/α-hetero) is 1. The molecule has 0 heterocycles. The highest BCUT2D eigenvalue weighted by molar-refractivity contribution is 7.54. The van der Waals surface area contributed by atoms with Crippen molar-refractivity contribution in [1.29, 1.82) is 0 Å². The van der Waals surface area contributed by atoms with Crippen molar-refractivity contribution in [2.24, 2.45) is 0 Å². The lowest BCUT2D eigenvalue weighted by Gasteiger charge is -2.12. The third-order valence-electron chi connectivity index (χ3n) is 2.13. The second-order valence-corrected chi connectivity index (χ2v) is 5.45. The van der Waals surface area contributed by atoms with E-state index in [9.17, 15) is 18.1 Å². The summed E-state index contributed by atoms with van der Waals surface area (Å²) in [5.41, 5.74) is -0.347. The monoisotopic (exact) mass is 264 g/mol. The van der Waals surface area contributed by atoms with Gasteiger partial charge in [-0.15, -0.1) is 0 Å². The van der Waals surface area contributed by atoms with E-state index in [4.69, 9.17) is 0 Å². The van der Waals surface area contributed by atoms with Crippen LogP contribution in [0.5, 0.6) is 0 Å². The number of ketones is 1. The van der Waals surface area contributed by atoms with Crippen molar-refractivity contribution in [3.8, 4) is 0 Å². The summed E-state index contributed by atoms with van der Waals surface area (Å²) >= 11 is 0. The zero-order valence-corrected chi connectivity index (χ0v) is 10.2. The molecule has 0 saturated heterocycles. The quantitative estimate of drug-likeness (QED) is 0.606. The summed E-state index contributed by atoms with van der Waals surface area (Å²) in [5.74, 6) is -2.57. The van der Waals surface area contributed by atoms with E-state index in [0.29, 0.717) is 6.07 Å². The minimum atomic E-state index is -3.54. The van der Waals surface area contributed by atoms with Gasteiger partial charge >= 0.3 is 7.60 Å². The van der Waals surface area contributed by atoms with Gasteiger partial charge in [0.25, 0.3) is 0 Å². The van der Waals surface area contributed by atoms with Gasteiger partial charge in [-0.25, -0.2) is 8.78 Å². The number of carbonyl (C=O) groups excluding carboxylic acids is 1. The Morgan fingerprint density at radius 3 is 2.35 bits per heavy atom. The minimum absolute atomic E-state index is 0.347. The molecule has 0 aliphatic carbocycles. The fourth-order valence-electron chi connectivity index (χ4n) is 1.18. The molecule has 94 valence electrons. The highest BCUT2D eigenvalue weighted by Crippen LogP contribution is 2.46. The minimum Gasteiger partial charge on any atom is -0.312 e. The van der Waals surface area contributed by atoms with E-state index in [2.05, 4.69) is 9.05 Å². The number of carbonyl (C=O) groups is 1. The van der Waals surface area contributed by atoms with Crippen molar-refractivity contribution < 1.29 is 27.2 Å². The molecule has 0 radical (unpaired) electrons. The van der Waals surface area contributed by atoms with E-state index >= 15 is 0 Å². The van der Waals surface area contributed by atoms with Gasteiger partial charge in [-0.1, -0.05) is 0 Å². The Hall–Kier alpha value is -1.10. The predicted molar refractivity (Wildman–Crippen MR) is 57.2 cm³/mol. The molecule has 0 saturated carbocycles. The maximum atomic E-state index is 13.3. The maximum Gasteiger partial charge on any atom is 0.337 e. The number of rotatable bonds is 5. The Morgan fingerprint density at radius 1 is 1.29 bits per heavy atom. The average molecular weight is 264 g/mol. The SMILES string of the molecule is COP(=O)(CC(=O)c1ccc(F)cc1F)OC. The third-order valence-corrected chi connectivity index (χ3v) is 3.91. The van der Waals surface area contributed by atoms with Crippen molar-refractivity contribution in [1.82, 2.24) is 0 Å². The van der Waals surface area contributed by atoms with E-state index in [0.717, 1.165) is 26.4 Å². The van der Waals surface area contributed by atoms with E-state index in [-0.39, 0.29) is 5.56 Å². The summed E-state index contributed by atoms with van der Waals surface area (Å²) < 4.78 is 46.6. The first-order valence-electron chi connectivity index (χ1n) is 4.60. The maximum absolute atomic E-state index is 13.3. The Balaban J connectivity index is 2.94. The lowest BCUT2D eigenvalue weighted by atomic mass is 10.1. The van der Waals surface area contributed by atoms with Crippen molar-refractivity contribution in [3.05, 3.63) is 35.4 Å². The topological polar surface area (TPSA) is 52.6 Å². The summed E-state index contributed by atoms with van der Waals surface area (Å²) in [7, 11) is -1.30. The van der Waals surface area contributed by atoms with Crippen molar-refractivity contribution in [2.45, 2.75) is 0 Å². The highest BCUT2D eigenvalue weighted by atomic mass is 31.2. The van der Waals surface area contributed by atoms with Crippen LogP contribution < -0.4 is 0 Å². The van der Waals surface area contributed by atoms with Gasteiger partial charge in [0.05, 0.1) is 5.56 Å². The fourth-order valence-corrected chi connectivity index (χ4v) is 2.11. The van der Waals surface area contributed by atoms with Gasteiger partial charge < -0.3 is 9.05 Å². The molecule has 0 amide bonds. The number of hydrogen-bond acceptors (Lipinski definition) is 4. The molecule has 0 atom stereocenters. The normalized spacial score (nSPS) is 11.5. The van der Waals surface area contributed by atoms with Crippen LogP contribution in [0.3, 0.4) is 0 Å². The third kappa shape index (κ3) is 3.43. The number of hydrogen-bond donors (Lipinski definition) is 0. The molecule has 0 unspecified atom stereocenters. The molecule has 1 rings (SSSR count). The molecule has 7 heteroatoms. The first kappa shape index (κ1) is 14.0. The molecule has 0 N–H and O–H groups in total. The highest BCUT2D eigenvalue weighted by Gasteiger charge is 2.27. The first-order chi connectivity index (χ1) is 7.91. The van der Waals surface area contributed by atoms with E-state index < -0.39 is 31.2 Å². The largest absolute Gasteiger partial charge is 0.337 e. The summed E-state index contributed by atoms with van der Waals surface area (Å²) in [6, 6.07) is 2.52. The van der Waals surface area contributed by atoms with Gasteiger partial charge in [0.15, 0.2) is 5.78 Å². The standard InChI is InChI=1S/C10H11F2O4P/c1-15-17(14,16-2)6-10(13)8-4-3-7(11)5-9(8)12/h3-5H,6H2,1-2H3. The van der Waals surface area contributed by atoms with Crippen LogP contribution in [0.25, 0.3) is 0 Å². The zero-order valence-electron chi connectivity index (χ0n) is 9.28. The summed E-state index contributed by atoms with van der Waals surface area (Å²) in [4.78, 5) is 11.6. The summed E-state index contributed by atoms with van der Waals surface area (Å²) in [6.07, 6.45) is -0.595. The molecule has 0 bridgehead atoms. The van der Waals surface area contributed by atoms with E-state index in [1.807, 2.05) is 0 Å². The second-order valence-electron chi connectivity index (χ2n) is 3.18. The summed E-state index contributed by atoms with van der Waals surface area (Å²) in [6.45, 7) is 0. The number of halogens is 2. The van der Waals surface area contributed by atoms with Crippen LogP contribution in [-0.4, -0.2) is 26.2 Å². The van der Waals surface area contributed by atoms with Crippen LogP contribution >= 0.6 is 7.60 Å². The van der Waals surface area contributed by atoms with Crippen LogP contribution in [0, 0.1) is 11.6 Å². The zero-order chi connectivity index (χ0) is 13.1. The first-order valence-corrected chi connectivity index (χ1v) is 6.33. The van der Waals surface area contributed by atoms with E-state index in [1.54, 1.807) is 0 Å². The molecule has 4 nitrogen and oxygen atoms in total. The van der Waals surface area contributed by atoms with Gasteiger partial charge in [0, 0.05) is 20.3 Å². The van der Waals surface area contributed by atoms with Gasteiger partial charge in [-0.2, -0.15) is 0 Å². The predicted octanol–water partition coefficient (Wildman–Crippen LogP) is 2.63. The van der Waals surface area contributed by atoms with Crippen molar-refractivity contribution >= 4 is 13.4 Å². The molecule has 0 aromatic heterocycles. The number of benzene rings is 1. The molecule has 0 fully saturated rings. The van der Waals surface area contributed by atoms with Crippen LogP contribution in [0.1, 0.15) is 10.4 Å². The lowest BCUT2D eigenvalue weighted by molar-refractivity contribution is 0.100. The molecular weight excluding hydrogens is 253 g/mol. The van der Waals surface area contributed by atoms with Crippen LogP contribution in [-0.2, 0) is 13.6 Å². The Labute approximate surface area is 97.1 Å². The Kier molecular flexibility index (Phi) is 4.51. The van der Waals surface area contributed by atoms with Crippen LogP contribution in [0.4, 0.5) is 8.78 Å². The van der Waals surface area contributed by atoms with Crippen LogP contribution in [0.2, 0.25) is 0 Å². The van der Waals surface area contributed by atoms with Gasteiger partial charge in [-0.05, 0) is 12.1 Å². The van der Waals surface area contributed by atoms with Gasteiger partial charge in [0.1, 0.15) is 17.8 Å². The molecule has 0 aliphatic heterocycles. The molecule has 0 spiro atoms. The Morgan fingerprint density at radius 2 is 1.88 bits per heavy atom. The van der Waals surface area contributed by atoms with Gasteiger partial charge in [-0.3, -0.25) is 9.36 Å². The van der Waals surface area contributed by atoms with Crippen molar-refractivity contribution in [3.63, 3.8) is 0 Å². The second kappa shape index (κ2) is 5.49. The smallest absolute Gasteiger partial charge is 0.312 e. The molecule has 17 heavy (non-hydrogen) atoms. The van der Waals surface area contributed by atoms with Crippen LogP contribution in [0.15, 0.2) is 18.2 Å². The lowest BCUT2D eigenvalue weighted by Crippen LogP contribution is -2.10. The molecule has 1 aromatic rings. The Bertz CT molecular complexity index is 467. The molecule has 0 aliphatic rings. The molecular formula is C10H11F2O4P. The average Bonchev–Trinajstić information content (AvgIpc) is 2.28.